The molecule has 0 saturated carbocycles. The Kier molecular flexibility index (Phi) is 14.0. The largest absolute Gasteiger partial charge is 0.466 e. The zero-order valence-electron chi connectivity index (χ0n) is 12.8. The van der Waals surface area contributed by atoms with Crippen molar-refractivity contribution in [3.63, 3.8) is 0 Å². The average Bonchev–Trinajstić information content (AvgIpc) is 2.51. The van der Waals surface area contributed by atoms with E-state index in [2.05, 4.69) is 6.58 Å². The molecule has 0 bridgehead atoms. The van der Waals surface area contributed by atoms with Crippen LogP contribution in [-0.2, 0) is 28.5 Å². The van der Waals surface area contributed by atoms with E-state index in [1.54, 1.807) is 6.92 Å². The summed E-state index contributed by atoms with van der Waals surface area (Å²) >= 11 is 0. The van der Waals surface area contributed by atoms with Crippen molar-refractivity contribution < 1.29 is 28.5 Å². The molecule has 0 aromatic carbocycles. The third kappa shape index (κ3) is 14.8. The molecular formula is C15H26O6. The third-order valence-corrected chi connectivity index (χ3v) is 2.41. The maximum absolute atomic E-state index is 10.8. The van der Waals surface area contributed by atoms with Crippen LogP contribution in [0.4, 0.5) is 0 Å². The molecule has 0 atom stereocenters. The number of ether oxygens (including phenoxy) is 4. The van der Waals surface area contributed by atoms with Crippen LogP contribution in [0.1, 0.15) is 32.6 Å². The summed E-state index contributed by atoms with van der Waals surface area (Å²) in [6.07, 6.45) is 3.73. The summed E-state index contributed by atoms with van der Waals surface area (Å²) in [4.78, 5) is 21.6. The fourth-order valence-electron chi connectivity index (χ4n) is 1.31. The molecule has 0 aliphatic heterocycles. The number of carbonyl (C=O) groups excluding carboxylic acids is 2. The Balaban J connectivity index is 3.07. The lowest BCUT2D eigenvalue weighted by molar-refractivity contribution is -0.143. The van der Waals surface area contributed by atoms with Crippen molar-refractivity contribution in [1.82, 2.24) is 0 Å². The SMILES string of the molecule is C=CC(=O)OCCCOCCCOCCCOC(=O)CC. The Morgan fingerprint density at radius 2 is 1.33 bits per heavy atom. The lowest BCUT2D eigenvalue weighted by atomic mass is 10.4. The van der Waals surface area contributed by atoms with Crippen LogP contribution in [0.5, 0.6) is 0 Å². The van der Waals surface area contributed by atoms with Gasteiger partial charge in [0.15, 0.2) is 0 Å². The minimum absolute atomic E-state index is 0.179. The van der Waals surface area contributed by atoms with Crippen molar-refractivity contribution in [2.45, 2.75) is 32.6 Å². The van der Waals surface area contributed by atoms with E-state index in [0.29, 0.717) is 58.9 Å². The first-order chi connectivity index (χ1) is 10.2. The summed E-state index contributed by atoms with van der Waals surface area (Å²) in [6.45, 7) is 8.19. The van der Waals surface area contributed by atoms with Gasteiger partial charge in [-0.2, -0.15) is 0 Å². The molecule has 0 fully saturated rings. The van der Waals surface area contributed by atoms with Crippen LogP contribution >= 0.6 is 0 Å². The normalized spacial score (nSPS) is 10.1. The maximum atomic E-state index is 10.8. The van der Waals surface area contributed by atoms with Crippen molar-refractivity contribution in [2.75, 3.05) is 39.6 Å². The van der Waals surface area contributed by atoms with Crippen LogP contribution < -0.4 is 0 Å². The van der Waals surface area contributed by atoms with E-state index in [0.717, 1.165) is 12.5 Å². The molecule has 6 nitrogen and oxygen atoms in total. The molecule has 0 N–H and O–H groups in total. The van der Waals surface area contributed by atoms with Gasteiger partial charge in [-0.15, -0.1) is 0 Å². The molecule has 0 radical (unpaired) electrons. The highest BCUT2D eigenvalue weighted by molar-refractivity contribution is 5.81. The minimum Gasteiger partial charge on any atom is -0.466 e. The molecule has 0 heterocycles. The van der Waals surface area contributed by atoms with Crippen molar-refractivity contribution in [2.24, 2.45) is 0 Å². The second-order valence-electron chi connectivity index (χ2n) is 4.23. The van der Waals surface area contributed by atoms with Crippen LogP contribution in [0.2, 0.25) is 0 Å². The van der Waals surface area contributed by atoms with Crippen LogP contribution in [0, 0.1) is 0 Å². The zero-order chi connectivity index (χ0) is 15.8. The van der Waals surface area contributed by atoms with Crippen LogP contribution in [0.3, 0.4) is 0 Å². The predicted octanol–water partition coefficient (Wildman–Crippen LogP) is 1.87. The summed E-state index contributed by atoms with van der Waals surface area (Å²) in [5.41, 5.74) is 0. The topological polar surface area (TPSA) is 71.1 Å². The average molecular weight is 302 g/mol. The molecule has 0 saturated heterocycles. The number of carbonyl (C=O) groups is 2. The van der Waals surface area contributed by atoms with E-state index in [1.807, 2.05) is 0 Å². The van der Waals surface area contributed by atoms with Gasteiger partial charge >= 0.3 is 11.9 Å². The predicted molar refractivity (Wildman–Crippen MR) is 77.9 cm³/mol. The summed E-state index contributed by atoms with van der Waals surface area (Å²) < 4.78 is 20.4. The number of rotatable bonds is 14. The highest BCUT2D eigenvalue weighted by Gasteiger charge is 1.98. The third-order valence-electron chi connectivity index (χ3n) is 2.41. The molecule has 0 aliphatic rings. The first kappa shape index (κ1) is 19.6. The smallest absolute Gasteiger partial charge is 0.330 e. The standard InChI is InChI=1S/C15H26O6/c1-3-14(16)20-12-6-10-18-8-5-9-19-11-7-13-21-15(17)4-2/h3H,1,4-13H2,2H3. The fraction of sp³-hybridized carbons (Fsp3) is 0.733. The Labute approximate surface area is 126 Å². The van der Waals surface area contributed by atoms with Crippen molar-refractivity contribution in [3.8, 4) is 0 Å². The highest BCUT2D eigenvalue weighted by Crippen LogP contribution is 1.92. The highest BCUT2D eigenvalue weighted by atomic mass is 16.5. The van der Waals surface area contributed by atoms with E-state index >= 15 is 0 Å². The minimum atomic E-state index is -0.409. The van der Waals surface area contributed by atoms with Gasteiger partial charge in [0.25, 0.3) is 0 Å². The van der Waals surface area contributed by atoms with Gasteiger partial charge in [0.2, 0.25) is 0 Å². The Morgan fingerprint density at radius 1 is 0.857 bits per heavy atom. The molecule has 0 rings (SSSR count). The van der Waals surface area contributed by atoms with Gasteiger partial charge in [-0.05, 0) is 6.42 Å². The van der Waals surface area contributed by atoms with Crippen LogP contribution in [0.25, 0.3) is 0 Å². The van der Waals surface area contributed by atoms with Crippen LogP contribution in [-0.4, -0.2) is 51.6 Å². The molecule has 21 heavy (non-hydrogen) atoms. The first-order valence-electron chi connectivity index (χ1n) is 7.31. The van der Waals surface area contributed by atoms with Gasteiger partial charge in [-0.1, -0.05) is 13.5 Å². The Bertz CT molecular complexity index is 290. The summed E-state index contributed by atoms with van der Waals surface area (Å²) in [6, 6.07) is 0. The molecule has 0 aromatic heterocycles. The van der Waals surface area contributed by atoms with Gasteiger partial charge in [0.1, 0.15) is 0 Å². The molecular weight excluding hydrogens is 276 g/mol. The zero-order valence-corrected chi connectivity index (χ0v) is 12.8. The molecule has 0 aliphatic carbocycles. The Morgan fingerprint density at radius 3 is 1.81 bits per heavy atom. The number of hydrogen-bond acceptors (Lipinski definition) is 6. The monoisotopic (exact) mass is 302 g/mol. The van der Waals surface area contributed by atoms with E-state index in [9.17, 15) is 9.59 Å². The van der Waals surface area contributed by atoms with Gasteiger partial charge in [0, 0.05) is 51.8 Å². The molecule has 0 amide bonds. The molecule has 122 valence electrons. The van der Waals surface area contributed by atoms with Gasteiger partial charge in [0.05, 0.1) is 13.2 Å². The molecule has 0 spiro atoms. The van der Waals surface area contributed by atoms with Gasteiger partial charge in [-0.3, -0.25) is 4.79 Å². The van der Waals surface area contributed by atoms with E-state index < -0.39 is 5.97 Å². The summed E-state index contributed by atoms with van der Waals surface area (Å²) in [5.74, 6) is -0.588. The second kappa shape index (κ2) is 15.0. The summed E-state index contributed by atoms with van der Waals surface area (Å²) in [7, 11) is 0. The first-order valence-corrected chi connectivity index (χ1v) is 7.31. The van der Waals surface area contributed by atoms with Crippen molar-refractivity contribution in [1.29, 1.82) is 0 Å². The summed E-state index contributed by atoms with van der Waals surface area (Å²) in [5, 5.41) is 0. The van der Waals surface area contributed by atoms with Gasteiger partial charge < -0.3 is 18.9 Å². The number of esters is 2. The second-order valence-corrected chi connectivity index (χ2v) is 4.23. The quantitative estimate of drug-likeness (QED) is 0.277. The van der Waals surface area contributed by atoms with Gasteiger partial charge in [-0.25, -0.2) is 4.79 Å². The maximum Gasteiger partial charge on any atom is 0.330 e. The number of hydrogen-bond donors (Lipinski definition) is 0. The lowest BCUT2D eigenvalue weighted by Crippen LogP contribution is -2.08. The molecule has 0 unspecified atom stereocenters. The van der Waals surface area contributed by atoms with E-state index in [1.165, 1.54) is 0 Å². The van der Waals surface area contributed by atoms with E-state index in [4.69, 9.17) is 18.9 Å². The van der Waals surface area contributed by atoms with Crippen molar-refractivity contribution >= 4 is 11.9 Å². The molecule has 6 heteroatoms. The fourth-order valence-corrected chi connectivity index (χ4v) is 1.31. The lowest BCUT2D eigenvalue weighted by Gasteiger charge is -2.06. The Hall–Kier alpha value is -1.40. The van der Waals surface area contributed by atoms with E-state index in [-0.39, 0.29) is 5.97 Å². The van der Waals surface area contributed by atoms with Crippen LogP contribution in [0.15, 0.2) is 12.7 Å². The van der Waals surface area contributed by atoms with Crippen molar-refractivity contribution in [3.05, 3.63) is 12.7 Å². The molecule has 0 aromatic rings.